The van der Waals surface area contributed by atoms with Crippen molar-refractivity contribution in [2.24, 2.45) is 17.8 Å². The summed E-state index contributed by atoms with van der Waals surface area (Å²) in [5.41, 5.74) is -0.843. The lowest BCUT2D eigenvalue weighted by molar-refractivity contribution is -0.159. The SMILES string of the molecule is COc1ccc(N2C/C=C\CCC(=O)NC[C@H](C)OC(=O)[C@@H]3[C@H]4C(=O)N([C@@H](CO)C(C)C)[C@H](C2=O)[C@]42C=C[C@H]3O2)cc1. The molecule has 7 atom stereocenters. The van der Waals surface area contributed by atoms with Gasteiger partial charge >= 0.3 is 5.97 Å². The summed E-state index contributed by atoms with van der Waals surface area (Å²) in [4.78, 5) is 58.0. The number of benzene rings is 1. The third-order valence-electron chi connectivity index (χ3n) is 8.68. The molecule has 0 aromatic heterocycles. The van der Waals surface area contributed by atoms with Gasteiger partial charge in [0, 0.05) is 18.7 Å². The van der Waals surface area contributed by atoms with E-state index in [9.17, 15) is 24.3 Å². The number of carbonyl (C=O) groups is 4. The number of fused-ring (bicyclic) bond motifs is 2. The number of nitrogens with one attached hydrogen (secondary N) is 1. The second kappa shape index (κ2) is 11.9. The van der Waals surface area contributed by atoms with Crippen LogP contribution in [-0.4, -0.2) is 90.4 Å². The molecule has 42 heavy (non-hydrogen) atoms. The first-order chi connectivity index (χ1) is 20.1. The van der Waals surface area contributed by atoms with Crippen molar-refractivity contribution in [3.05, 3.63) is 48.6 Å². The van der Waals surface area contributed by atoms with E-state index in [1.807, 2.05) is 26.0 Å². The van der Waals surface area contributed by atoms with Gasteiger partial charge in [-0.05, 0) is 43.5 Å². The summed E-state index contributed by atoms with van der Waals surface area (Å²) in [6.45, 7) is 5.35. The molecule has 4 aliphatic rings. The summed E-state index contributed by atoms with van der Waals surface area (Å²) in [6.07, 6.45) is 6.41. The van der Waals surface area contributed by atoms with Gasteiger partial charge in [0.2, 0.25) is 11.8 Å². The number of amides is 3. The van der Waals surface area contributed by atoms with Crippen LogP contribution in [0.4, 0.5) is 5.69 Å². The number of aliphatic hydroxyl groups is 1. The first kappa shape index (κ1) is 29.8. The number of methoxy groups -OCH3 is 1. The van der Waals surface area contributed by atoms with Crippen LogP contribution >= 0.6 is 0 Å². The number of cyclic esters (lactones) is 1. The number of rotatable bonds is 5. The lowest BCUT2D eigenvalue weighted by atomic mass is 9.74. The van der Waals surface area contributed by atoms with Crippen molar-refractivity contribution < 1.29 is 38.5 Å². The quantitative estimate of drug-likeness (QED) is 0.396. The molecule has 4 aliphatic heterocycles. The average Bonchev–Trinajstić information content (AvgIpc) is 3.61. The van der Waals surface area contributed by atoms with E-state index < -0.39 is 59.5 Å². The predicted molar refractivity (Wildman–Crippen MR) is 152 cm³/mol. The molecular weight excluding hydrogens is 542 g/mol. The normalized spacial score (nSPS) is 33.0. The van der Waals surface area contributed by atoms with E-state index in [4.69, 9.17) is 14.2 Å². The Labute approximate surface area is 245 Å². The molecule has 226 valence electrons. The number of esters is 1. The van der Waals surface area contributed by atoms with Crippen molar-refractivity contribution in [2.45, 2.75) is 63.5 Å². The monoisotopic (exact) mass is 581 g/mol. The van der Waals surface area contributed by atoms with E-state index in [1.165, 1.54) is 4.90 Å². The van der Waals surface area contributed by atoms with Crippen molar-refractivity contribution in [3.8, 4) is 5.75 Å². The van der Waals surface area contributed by atoms with Crippen LogP contribution in [0.3, 0.4) is 0 Å². The Kier molecular flexibility index (Phi) is 8.43. The number of anilines is 1. The number of allylic oxidation sites excluding steroid dienone is 1. The highest BCUT2D eigenvalue weighted by atomic mass is 16.6. The number of nitrogens with zero attached hydrogens (tertiary/aromatic N) is 2. The van der Waals surface area contributed by atoms with Crippen LogP contribution in [0.15, 0.2) is 48.6 Å². The Hall–Kier alpha value is -3.70. The van der Waals surface area contributed by atoms with E-state index in [-0.39, 0.29) is 37.9 Å². The van der Waals surface area contributed by atoms with E-state index in [2.05, 4.69) is 5.32 Å². The zero-order valence-corrected chi connectivity index (χ0v) is 24.4. The Morgan fingerprint density at radius 3 is 2.52 bits per heavy atom. The number of hydrogen-bond acceptors (Lipinski definition) is 8. The van der Waals surface area contributed by atoms with Gasteiger partial charge in [0.05, 0.1) is 38.3 Å². The molecule has 0 saturated carbocycles. The fourth-order valence-electron chi connectivity index (χ4n) is 6.54. The topological polar surface area (TPSA) is 135 Å². The van der Waals surface area contributed by atoms with Gasteiger partial charge in [-0.2, -0.15) is 0 Å². The zero-order valence-electron chi connectivity index (χ0n) is 24.4. The van der Waals surface area contributed by atoms with Crippen LogP contribution in [-0.2, 0) is 28.7 Å². The van der Waals surface area contributed by atoms with Gasteiger partial charge in [0.15, 0.2) is 0 Å². The van der Waals surface area contributed by atoms with Crippen molar-refractivity contribution in [3.63, 3.8) is 0 Å². The summed E-state index contributed by atoms with van der Waals surface area (Å²) >= 11 is 0. The molecule has 0 radical (unpaired) electrons. The number of hydrogen-bond donors (Lipinski definition) is 2. The zero-order chi connectivity index (χ0) is 30.2. The van der Waals surface area contributed by atoms with Gasteiger partial charge in [-0.1, -0.05) is 38.2 Å². The molecule has 1 aromatic rings. The Morgan fingerprint density at radius 2 is 1.86 bits per heavy atom. The lowest BCUT2D eigenvalue weighted by Crippen LogP contribution is -2.59. The molecule has 4 heterocycles. The highest BCUT2D eigenvalue weighted by Gasteiger charge is 2.74. The number of likely N-dealkylation sites (tertiary alicyclic amines) is 1. The third-order valence-corrected chi connectivity index (χ3v) is 8.68. The van der Waals surface area contributed by atoms with Crippen LogP contribution < -0.4 is 15.0 Å². The van der Waals surface area contributed by atoms with Gasteiger partial charge in [-0.3, -0.25) is 19.2 Å². The predicted octanol–water partition coefficient (Wildman–Crippen LogP) is 1.59. The van der Waals surface area contributed by atoms with Crippen molar-refractivity contribution in [2.75, 3.05) is 31.7 Å². The number of aliphatic hydroxyl groups excluding tert-OH is 1. The molecule has 11 nitrogen and oxygen atoms in total. The van der Waals surface area contributed by atoms with E-state index in [0.29, 0.717) is 17.9 Å². The summed E-state index contributed by atoms with van der Waals surface area (Å²) in [7, 11) is 1.55. The van der Waals surface area contributed by atoms with Crippen molar-refractivity contribution in [1.82, 2.24) is 10.2 Å². The van der Waals surface area contributed by atoms with Crippen molar-refractivity contribution in [1.29, 1.82) is 0 Å². The fraction of sp³-hybridized carbons (Fsp3) is 0.548. The molecule has 0 unspecified atom stereocenters. The largest absolute Gasteiger partial charge is 0.497 e. The lowest BCUT2D eigenvalue weighted by Gasteiger charge is -2.40. The van der Waals surface area contributed by atoms with Crippen LogP contribution in [0, 0.1) is 17.8 Å². The highest BCUT2D eigenvalue weighted by molar-refractivity contribution is 6.05. The third kappa shape index (κ3) is 5.09. The van der Waals surface area contributed by atoms with Crippen molar-refractivity contribution >= 4 is 29.4 Å². The molecule has 11 heteroatoms. The smallest absolute Gasteiger partial charge is 0.313 e. The minimum absolute atomic E-state index is 0.130. The molecular formula is C31H39N3O8. The van der Waals surface area contributed by atoms with Gasteiger partial charge in [-0.15, -0.1) is 0 Å². The second-order valence-corrected chi connectivity index (χ2v) is 11.6. The molecule has 0 aliphatic carbocycles. The molecule has 1 aromatic carbocycles. The number of ether oxygens (including phenoxy) is 3. The number of carbonyl (C=O) groups excluding carboxylic acids is 4. The minimum Gasteiger partial charge on any atom is -0.497 e. The first-order valence-corrected chi connectivity index (χ1v) is 14.5. The molecule has 2 saturated heterocycles. The second-order valence-electron chi connectivity index (χ2n) is 11.6. The minimum atomic E-state index is -1.41. The maximum Gasteiger partial charge on any atom is 0.313 e. The molecule has 1 spiro atoms. The molecule has 2 N–H and O–H groups in total. The Morgan fingerprint density at radius 1 is 1.12 bits per heavy atom. The standard InChI is InChI=1S/C31H39N3O8/c1-18(2)22(17-35)34-27-29(38)33(20-9-11-21(40-4)12-10-20)15-7-5-6-8-24(36)32-16-19(3)41-30(39)25-23-13-14-31(27,42-23)26(25)28(34)37/h5,7,9-14,18-19,22-23,25-27,35H,6,8,15-17H2,1-4H3,(H,32,36)/b7-5-/t19-,22-,23+,25-,26-,27+,31-/m0/s1. The maximum absolute atomic E-state index is 14.8. The Bertz CT molecular complexity index is 1280. The summed E-state index contributed by atoms with van der Waals surface area (Å²) in [5, 5.41) is 13.2. The Balaban J connectivity index is 1.63. The fourth-order valence-corrected chi connectivity index (χ4v) is 6.54. The van der Waals surface area contributed by atoms with Crippen LogP contribution in [0.1, 0.15) is 33.6 Å². The first-order valence-electron chi connectivity index (χ1n) is 14.5. The van der Waals surface area contributed by atoms with Crippen LogP contribution in [0.25, 0.3) is 0 Å². The summed E-state index contributed by atoms with van der Waals surface area (Å²) in [6, 6.07) is 5.17. The van der Waals surface area contributed by atoms with E-state index in [0.717, 1.165) is 0 Å². The van der Waals surface area contributed by atoms with E-state index in [1.54, 1.807) is 55.4 Å². The van der Waals surface area contributed by atoms with Gasteiger partial charge in [0.25, 0.3) is 5.91 Å². The van der Waals surface area contributed by atoms with Gasteiger partial charge in [0.1, 0.15) is 29.4 Å². The van der Waals surface area contributed by atoms with E-state index >= 15 is 0 Å². The van der Waals surface area contributed by atoms with Crippen LogP contribution in [0.5, 0.6) is 5.75 Å². The van der Waals surface area contributed by atoms with Crippen LogP contribution in [0.2, 0.25) is 0 Å². The van der Waals surface area contributed by atoms with Gasteiger partial charge < -0.3 is 34.4 Å². The molecule has 5 bridgehead atoms. The molecule has 5 rings (SSSR count). The maximum atomic E-state index is 14.8. The van der Waals surface area contributed by atoms with Gasteiger partial charge in [-0.25, -0.2) is 0 Å². The summed E-state index contributed by atoms with van der Waals surface area (Å²) in [5.74, 6) is -3.20. The average molecular weight is 582 g/mol. The highest BCUT2D eigenvalue weighted by Crippen LogP contribution is 2.56. The summed E-state index contributed by atoms with van der Waals surface area (Å²) < 4.78 is 17.4. The molecule has 3 amide bonds. The molecule has 2 fully saturated rings.